The maximum absolute atomic E-state index is 15.9. The van der Waals surface area contributed by atoms with Crippen LogP contribution >= 0.6 is 0 Å². The van der Waals surface area contributed by atoms with Crippen molar-refractivity contribution in [3.05, 3.63) is 28.8 Å². The van der Waals surface area contributed by atoms with Crippen molar-refractivity contribution >= 4 is 34.3 Å². The highest BCUT2D eigenvalue weighted by Gasteiger charge is 2.53. The molecule has 4 bridgehead atoms. The lowest BCUT2D eigenvalue weighted by atomic mass is 9.85. The van der Waals surface area contributed by atoms with E-state index in [1.807, 2.05) is 0 Å². The van der Waals surface area contributed by atoms with Gasteiger partial charge in [0.2, 0.25) is 0 Å². The predicted octanol–water partition coefficient (Wildman–Crippen LogP) is 1.34. The summed E-state index contributed by atoms with van der Waals surface area (Å²) in [7, 11) is 2.56. The third-order valence-electron chi connectivity index (χ3n) is 16.6. The number of ketones is 2. The summed E-state index contributed by atoms with van der Waals surface area (Å²) >= 11 is 0. The van der Waals surface area contributed by atoms with Crippen LogP contribution < -0.4 is 4.74 Å². The van der Waals surface area contributed by atoms with E-state index in [0.717, 1.165) is 14.0 Å². The van der Waals surface area contributed by atoms with Gasteiger partial charge in [-0.25, -0.2) is 0 Å². The van der Waals surface area contributed by atoms with Crippen LogP contribution in [0.1, 0.15) is 116 Å². The molecule has 10 rings (SSSR count). The molecular formula is C57H82O26. The molecule has 26 nitrogen and oxygen atoms in total. The van der Waals surface area contributed by atoms with Gasteiger partial charge in [0.15, 0.2) is 67.2 Å². The highest BCUT2D eigenvalue weighted by molar-refractivity contribution is 6.11. The first-order chi connectivity index (χ1) is 39.0. The second kappa shape index (κ2) is 26.4. The van der Waals surface area contributed by atoms with Gasteiger partial charge in [-0.2, -0.15) is 0 Å². The topological polar surface area (TPSA) is 359 Å². The molecule has 8 heterocycles. The smallest absolute Gasteiger partial charge is 0.303 e. The number of esters is 2. The fourth-order valence-electron chi connectivity index (χ4n) is 12.4. The number of methoxy groups -OCH3 is 2. The Morgan fingerprint density at radius 3 is 1.83 bits per heavy atom. The van der Waals surface area contributed by atoms with Crippen molar-refractivity contribution in [1.82, 2.24) is 0 Å². The number of phenolic OH excluding ortho intramolecular Hbond substituents is 2. The maximum atomic E-state index is 15.9. The summed E-state index contributed by atoms with van der Waals surface area (Å²) in [6.07, 6.45) is -29.3. The Bertz CT molecular complexity index is 2620. The van der Waals surface area contributed by atoms with Gasteiger partial charge in [0.05, 0.1) is 72.0 Å². The maximum Gasteiger partial charge on any atom is 0.303 e. The number of carbonyl (C=O) groups is 4. The summed E-state index contributed by atoms with van der Waals surface area (Å²) in [6, 6.07) is 3.02. The zero-order valence-corrected chi connectivity index (χ0v) is 48.7. The van der Waals surface area contributed by atoms with Gasteiger partial charge in [-0.15, -0.1) is 0 Å². The van der Waals surface area contributed by atoms with E-state index in [1.165, 1.54) is 47.8 Å². The van der Waals surface area contributed by atoms with Crippen LogP contribution in [0.3, 0.4) is 0 Å². The molecule has 0 aromatic heterocycles. The average molecular weight is 1180 g/mol. The molecule has 0 amide bonds. The Hall–Kier alpha value is -4.30. The summed E-state index contributed by atoms with van der Waals surface area (Å²) in [4.78, 5) is 54.4. The van der Waals surface area contributed by atoms with Gasteiger partial charge < -0.3 is 107 Å². The highest BCUT2D eigenvalue weighted by Crippen LogP contribution is 2.47. The third-order valence-corrected chi connectivity index (χ3v) is 16.6. The van der Waals surface area contributed by atoms with Gasteiger partial charge in [-0.3, -0.25) is 19.2 Å². The number of benzene rings is 2. The number of hydrogen-bond donors (Lipinski definition) is 8. The number of rotatable bonds is 18. The number of carbonyl (C=O) groups excluding carboxylic acids is 4. The largest absolute Gasteiger partial charge is 0.507 e. The first-order valence-electron chi connectivity index (χ1n) is 28.2. The molecular weight excluding hydrogens is 1100 g/mol. The Balaban J connectivity index is 1.12. The number of aliphatic hydroxyl groups is 6. The third kappa shape index (κ3) is 13.9. The molecule has 5 saturated heterocycles. The molecule has 2 aromatic rings. The van der Waals surface area contributed by atoms with Crippen LogP contribution in [0.5, 0.6) is 17.2 Å². The Morgan fingerprint density at radius 2 is 1.27 bits per heavy atom. The van der Waals surface area contributed by atoms with E-state index in [4.69, 9.17) is 66.3 Å². The molecule has 2 aromatic carbocycles. The predicted molar refractivity (Wildman–Crippen MR) is 283 cm³/mol. The minimum atomic E-state index is -2.08. The van der Waals surface area contributed by atoms with Gasteiger partial charge in [0.1, 0.15) is 53.4 Å². The summed E-state index contributed by atoms with van der Waals surface area (Å²) < 4.78 is 85.4. The number of fused-ring (bicyclic) bond motifs is 2. The van der Waals surface area contributed by atoms with E-state index in [1.54, 1.807) is 33.8 Å². The van der Waals surface area contributed by atoms with Crippen LogP contribution in [0.4, 0.5) is 0 Å². The second-order valence-electron chi connectivity index (χ2n) is 23.1. The number of Topliss-reactive ketones (excluding diaryl/α,β-unsaturated/α-hetero) is 2. The fraction of sp³-hybridized carbons (Fsp3) is 0.754. The molecule has 5 fully saturated rings. The van der Waals surface area contributed by atoms with E-state index in [0.29, 0.717) is 0 Å². The summed E-state index contributed by atoms with van der Waals surface area (Å²) in [6.45, 7) is 14.6. The first-order valence-corrected chi connectivity index (χ1v) is 28.2. The molecule has 8 aliphatic rings. The molecule has 8 N–H and O–H groups in total. The summed E-state index contributed by atoms with van der Waals surface area (Å²) in [5, 5.41) is 91.0. The van der Waals surface area contributed by atoms with Crippen molar-refractivity contribution in [2.24, 2.45) is 0 Å². The van der Waals surface area contributed by atoms with Crippen LogP contribution in [0.15, 0.2) is 12.1 Å². The highest BCUT2D eigenvalue weighted by atomic mass is 16.7. The zero-order valence-electron chi connectivity index (χ0n) is 48.7. The number of phenols is 2. The molecule has 0 unspecified atom stereocenters. The fourth-order valence-corrected chi connectivity index (χ4v) is 12.4. The van der Waals surface area contributed by atoms with E-state index in [-0.39, 0.29) is 66.2 Å². The minimum absolute atomic E-state index is 0.0148. The van der Waals surface area contributed by atoms with E-state index < -0.39 is 193 Å². The number of hydrogen-bond acceptors (Lipinski definition) is 26. The minimum Gasteiger partial charge on any atom is -0.507 e. The number of aromatic hydroxyl groups is 2. The molecule has 25 atom stereocenters. The lowest BCUT2D eigenvalue weighted by Gasteiger charge is -2.46. The van der Waals surface area contributed by atoms with Crippen molar-refractivity contribution < 1.29 is 126 Å². The molecule has 0 spiro atoms. The summed E-state index contributed by atoms with van der Waals surface area (Å²) in [5.74, 6) is -4.68. The van der Waals surface area contributed by atoms with E-state index in [2.05, 4.69) is 0 Å². The Kier molecular flexibility index (Phi) is 20.5. The standard InChI is InChI=1S/C57H82O26/c1-21-34-15-31-13-30(14-32-16-37(52(26(6)72-32)77-28(8)59)81-38-17-33(61)51(70-11)25(5)75-38)43(48(66)42(31)44(21)62)49(67)54(55(82-34)53(71-12)50(68)45(63)22(2)58)83-40-19-35(46(64)24(4)74-40)79-39-18-36(47(65)23(3)73-39)80-41-20-57(10,69)56(27(7)76-41)78-29(9)60/h13,15,22-27,32-33,35-41,45-47,51-56,58,61-66,69H,14,16-20H2,1-12H3/t22-,23-,24-,25-,26-,27+,32+,33-,35+,36-,37-,38-,39+,40+,41+,45+,46-,47-,51+,52+,53-,54-,55+,56+,57+/m1/s1. The molecule has 0 aliphatic carbocycles. The first kappa shape index (κ1) is 64.7. The van der Waals surface area contributed by atoms with Gasteiger partial charge in [0, 0.05) is 65.7 Å². The average Bonchev–Trinajstić information content (AvgIpc) is 1.57. The Labute approximate surface area is 480 Å². The van der Waals surface area contributed by atoms with Crippen molar-refractivity contribution in [1.29, 1.82) is 0 Å². The second-order valence-corrected chi connectivity index (χ2v) is 23.1. The van der Waals surface area contributed by atoms with Crippen molar-refractivity contribution in [2.75, 3.05) is 14.2 Å². The van der Waals surface area contributed by atoms with Crippen LogP contribution in [0, 0.1) is 6.92 Å². The normalized spacial score (nSPS) is 39.7. The Morgan fingerprint density at radius 1 is 0.711 bits per heavy atom. The van der Waals surface area contributed by atoms with Gasteiger partial charge >= 0.3 is 11.9 Å². The van der Waals surface area contributed by atoms with Gasteiger partial charge in [0.25, 0.3) is 0 Å². The van der Waals surface area contributed by atoms with E-state index in [9.17, 15) is 55.2 Å². The van der Waals surface area contributed by atoms with Gasteiger partial charge in [-0.05, 0) is 84.9 Å². The number of ether oxygens (including phenoxy) is 14. The monoisotopic (exact) mass is 1180 g/mol. The molecule has 0 saturated carbocycles. The van der Waals surface area contributed by atoms with Crippen LogP contribution in [-0.4, -0.2) is 231 Å². The van der Waals surface area contributed by atoms with Crippen molar-refractivity contribution in [2.45, 2.75) is 261 Å². The van der Waals surface area contributed by atoms with Crippen LogP contribution in [-0.2, 0) is 82.4 Å². The lowest BCUT2D eigenvalue weighted by molar-refractivity contribution is -0.334. The van der Waals surface area contributed by atoms with Crippen molar-refractivity contribution in [3.63, 3.8) is 0 Å². The number of aliphatic hydroxyl groups excluding tert-OH is 5. The molecule has 0 radical (unpaired) electrons. The van der Waals surface area contributed by atoms with Crippen LogP contribution in [0.2, 0.25) is 0 Å². The molecule has 83 heavy (non-hydrogen) atoms. The quantitative estimate of drug-likeness (QED) is 0.0976. The summed E-state index contributed by atoms with van der Waals surface area (Å²) in [5.41, 5.74) is -1.79. The zero-order chi connectivity index (χ0) is 60.8. The van der Waals surface area contributed by atoms with Crippen molar-refractivity contribution in [3.8, 4) is 17.2 Å². The van der Waals surface area contributed by atoms with Crippen LogP contribution in [0.25, 0.3) is 10.8 Å². The lowest BCUT2D eigenvalue weighted by Crippen LogP contribution is -2.59. The van der Waals surface area contributed by atoms with E-state index >= 15 is 4.79 Å². The van der Waals surface area contributed by atoms with Gasteiger partial charge in [-0.1, -0.05) is 0 Å². The molecule has 466 valence electrons. The molecule has 8 aliphatic heterocycles. The SMILES string of the molecule is CO[C@@H]1[C@H](O)C[C@@H](O[C@@H]2C[C@H](Cc3cc4cc5c(C)c(O)c4c(O)c3C(=O)[C@@H](O[C@H]3C[C@H](O[C@H]4C[C@@H](O[C@H]6C[C@](C)(O)[C@@H](OC(C)=O)[C@H](C)O6)[C@H](O)[C@@H](C)O4)[C@H](O)[C@@H](C)O3)[C@H]([C@H](OC)C(=O)[C@@H](O)[C@@H](C)O)O5)O[C@H](C)[C@@H]2OC(C)=O)O[C@@H]1C. The molecule has 26 heteroatoms.